The SMILES string of the molecule is C=C(C)COCCNC(=O)c1ccc(N)cc1. The lowest BCUT2D eigenvalue weighted by molar-refractivity contribution is 0.0927. The summed E-state index contributed by atoms with van der Waals surface area (Å²) in [7, 11) is 0. The molecule has 0 spiro atoms. The van der Waals surface area contributed by atoms with Gasteiger partial charge in [-0.1, -0.05) is 12.2 Å². The molecular weight excluding hydrogens is 216 g/mol. The van der Waals surface area contributed by atoms with Gasteiger partial charge in [-0.25, -0.2) is 0 Å². The van der Waals surface area contributed by atoms with E-state index < -0.39 is 0 Å². The van der Waals surface area contributed by atoms with Gasteiger partial charge < -0.3 is 15.8 Å². The Kier molecular flexibility index (Phi) is 5.23. The number of ether oxygens (including phenoxy) is 1. The van der Waals surface area contributed by atoms with Crippen molar-refractivity contribution in [2.75, 3.05) is 25.5 Å². The predicted molar refractivity (Wildman–Crippen MR) is 68.8 cm³/mol. The molecule has 1 aromatic rings. The van der Waals surface area contributed by atoms with Crippen LogP contribution >= 0.6 is 0 Å². The Morgan fingerprint density at radius 1 is 1.41 bits per heavy atom. The zero-order chi connectivity index (χ0) is 12.7. The first-order valence-corrected chi connectivity index (χ1v) is 5.45. The highest BCUT2D eigenvalue weighted by Gasteiger charge is 2.03. The fraction of sp³-hybridized carbons (Fsp3) is 0.308. The van der Waals surface area contributed by atoms with E-state index in [1.807, 2.05) is 6.92 Å². The number of nitrogen functional groups attached to an aromatic ring is 1. The van der Waals surface area contributed by atoms with E-state index >= 15 is 0 Å². The molecule has 0 unspecified atom stereocenters. The van der Waals surface area contributed by atoms with Crippen LogP contribution in [0.4, 0.5) is 5.69 Å². The molecule has 1 amide bonds. The number of amides is 1. The highest BCUT2D eigenvalue weighted by atomic mass is 16.5. The second-order valence-electron chi connectivity index (χ2n) is 3.89. The van der Waals surface area contributed by atoms with E-state index in [2.05, 4.69) is 11.9 Å². The molecule has 0 heterocycles. The van der Waals surface area contributed by atoms with Gasteiger partial charge in [0, 0.05) is 17.8 Å². The molecule has 4 nitrogen and oxygen atoms in total. The summed E-state index contributed by atoms with van der Waals surface area (Å²) in [4.78, 5) is 11.6. The number of anilines is 1. The zero-order valence-electron chi connectivity index (χ0n) is 10.0. The number of hydrogen-bond acceptors (Lipinski definition) is 3. The van der Waals surface area contributed by atoms with Crippen molar-refractivity contribution < 1.29 is 9.53 Å². The molecule has 3 N–H and O–H groups in total. The molecule has 17 heavy (non-hydrogen) atoms. The molecular formula is C13H18N2O2. The van der Waals surface area contributed by atoms with Gasteiger partial charge in [-0.05, 0) is 31.2 Å². The van der Waals surface area contributed by atoms with Gasteiger partial charge in [0.1, 0.15) is 0 Å². The summed E-state index contributed by atoms with van der Waals surface area (Å²) in [6.07, 6.45) is 0. The van der Waals surface area contributed by atoms with E-state index in [1.54, 1.807) is 24.3 Å². The normalized spacial score (nSPS) is 9.94. The average molecular weight is 234 g/mol. The van der Waals surface area contributed by atoms with Crippen molar-refractivity contribution in [1.82, 2.24) is 5.32 Å². The Balaban J connectivity index is 2.25. The first-order valence-electron chi connectivity index (χ1n) is 5.45. The van der Waals surface area contributed by atoms with Gasteiger partial charge in [0.25, 0.3) is 5.91 Å². The van der Waals surface area contributed by atoms with Gasteiger partial charge in [0.2, 0.25) is 0 Å². The number of carbonyl (C=O) groups is 1. The molecule has 0 aromatic heterocycles. The third kappa shape index (κ3) is 5.17. The molecule has 1 aromatic carbocycles. The second kappa shape index (κ2) is 6.70. The van der Waals surface area contributed by atoms with Crippen LogP contribution in [0.25, 0.3) is 0 Å². The molecule has 0 atom stereocenters. The van der Waals surface area contributed by atoms with Gasteiger partial charge in [-0.3, -0.25) is 4.79 Å². The standard InChI is InChI=1S/C13H18N2O2/c1-10(2)9-17-8-7-15-13(16)11-3-5-12(14)6-4-11/h3-6H,1,7-9,14H2,2H3,(H,15,16). The predicted octanol–water partition coefficient (Wildman–Crippen LogP) is 1.59. The van der Waals surface area contributed by atoms with Crippen molar-refractivity contribution in [3.63, 3.8) is 0 Å². The van der Waals surface area contributed by atoms with Gasteiger partial charge in [0.15, 0.2) is 0 Å². The van der Waals surface area contributed by atoms with Crippen LogP contribution < -0.4 is 11.1 Å². The third-order valence-corrected chi connectivity index (χ3v) is 2.05. The second-order valence-corrected chi connectivity index (χ2v) is 3.89. The van der Waals surface area contributed by atoms with Crippen molar-refractivity contribution in [2.24, 2.45) is 0 Å². The van der Waals surface area contributed by atoms with Crippen molar-refractivity contribution in [1.29, 1.82) is 0 Å². The number of nitrogens with one attached hydrogen (secondary N) is 1. The lowest BCUT2D eigenvalue weighted by atomic mass is 10.2. The minimum Gasteiger partial charge on any atom is -0.399 e. The number of carbonyl (C=O) groups excluding carboxylic acids is 1. The molecule has 0 radical (unpaired) electrons. The smallest absolute Gasteiger partial charge is 0.251 e. The first kappa shape index (κ1) is 13.3. The van der Waals surface area contributed by atoms with E-state index in [0.29, 0.717) is 31.0 Å². The van der Waals surface area contributed by atoms with Crippen molar-refractivity contribution in [3.8, 4) is 0 Å². The highest BCUT2D eigenvalue weighted by Crippen LogP contribution is 2.04. The lowest BCUT2D eigenvalue weighted by Gasteiger charge is -2.06. The van der Waals surface area contributed by atoms with Crippen LogP contribution in [0.3, 0.4) is 0 Å². The maximum absolute atomic E-state index is 11.6. The largest absolute Gasteiger partial charge is 0.399 e. The lowest BCUT2D eigenvalue weighted by Crippen LogP contribution is -2.27. The molecule has 0 saturated carbocycles. The van der Waals surface area contributed by atoms with E-state index in [4.69, 9.17) is 10.5 Å². The quantitative estimate of drug-likeness (QED) is 0.446. The fourth-order valence-electron chi connectivity index (χ4n) is 1.22. The summed E-state index contributed by atoms with van der Waals surface area (Å²) in [5.74, 6) is -0.121. The molecule has 0 fully saturated rings. The third-order valence-electron chi connectivity index (χ3n) is 2.05. The minimum absolute atomic E-state index is 0.121. The first-order chi connectivity index (χ1) is 8.09. The van der Waals surface area contributed by atoms with Crippen LogP contribution in [0.5, 0.6) is 0 Å². The highest BCUT2D eigenvalue weighted by molar-refractivity contribution is 5.94. The average Bonchev–Trinajstić information content (AvgIpc) is 2.29. The van der Waals surface area contributed by atoms with Gasteiger partial charge in [0.05, 0.1) is 13.2 Å². The Morgan fingerprint density at radius 3 is 2.65 bits per heavy atom. The van der Waals surface area contributed by atoms with Gasteiger partial charge in [-0.15, -0.1) is 0 Å². The summed E-state index contributed by atoms with van der Waals surface area (Å²) in [6.45, 7) is 7.10. The van der Waals surface area contributed by atoms with Crippen LogP contribution in [0, 0.1) is 0 Å². The monoisotopic (exact) mass is 234 g/mol. The molecule has 92 valence electrons. The molecule has 0 aliphatic carbocycles. The topological polar surface area (TPSA) is 64.3 Å². The Hall–Kier alpha value is -1.81. The van der Waals surface area contributed by atoms with E-state index in [-0.39, 0.29) is 5.91 Å². The Bertz CT molecular complexity index is 385. The van der Waals surface area contributed by atoms with E-state index in [9.17, 15) is 4.79 Å². The number of hydrogen-bond donors (Lipinski definition) is 2. The molecule has 0 aliphatic heterocycles. The maximum Gasteiger partial charge on any atom is 0.251 e. The summed E-state index contributed by atoms with van der Waals surface area (Å²) >= 11 is 0. The van der Waals surface area contributed by atoms with Crippen LogP contribution in [-0.4, -0.2) is 25.7 Å². The van der Waals surface area contributed by atoms with Gasteiger partial charge >= 0.3 is 0 Å². The molecule has 1 rings (SSSR count). The molecule has 0 bridgehead atoms. The van der Waals surface area contributed by atoms with E-state index in [0.717, 1.165) is 5.57 Å². The zero-order valence-corrected chi connectivity index (χ0v) is 10.0. The summed E-state index contributed by atoms with van der Waals surface area (Å²) in [5, 5.41) is 2.76. The molecule has 0 aliphatic rings. The van der Waals surface area contributed by atoms with E-state index in [1.165, 1.54) is 0 Å². The van der Waals surface area contributed by atoms with Crippen LogP contribution in [0.15, 0.2) is 36.4 Å². The number of nitrogens with two attached hydrogens (primary N) is 1. The molecule has 0 saturated heterocycles. The Morgan fingerprint density at radius 2 is 2.06 bits per heavy atom. The fourth-order valence-corrected chi connectivity index (χ4v) is 1.22. The number of benzene rings is 1. The van der Waals surface area contributed by atoms with Crippen molar-refractivity contribution in [3.05, 3.63) is 42.0 Å². The van der Waals surface area contributed by atoms with Crippen LogP contribution in [0.1, 0.15) is 17.3 Å². The minimum atomic E-state index is -0.121. The van der Waals surface area contributed by atoms with Crippen molar-refractivity contribution in [2.45, 2.75) is 6.92 Å². The number of rotatable bonds is 6. The molecule has 4 heteroatoms. The Labute approximate surface area is 101 Å². The van der Waals surface area contributed by atoms with Gasteiger partial charge in [-0.2, -0.15) is 0 Å². The summed E-state index contributed by atoms with van der Waals surface area (Å²) < 4.78 is 5.27. The van der Waals surface area contributed by atoms with Crippen LogP contribution in [-0.2, 0) is 4.74 Å². The summed E-state index contributed by atoms with van der Waals surface area (Å²) in [6, 6.07) is 6.79. The maximum atomic E-state index is 11.6. The van der Waals surface area contributed by atoms with Crippen molar-refractivity contribution >= 4 is 11.6 Å². The summed E-state index contributed by atoms with van der Waals surface area (Å²) in [5.41, 5.74) is 7.74. The van der Waals surface area contributed by atoms with Crippen LogP contribution in [0.2, 0.25) is 0 Å².